The van der Waals surface area contributed by atoms with E-state index in [9.17, 15) is 4.79 Å². The van der Waals surface area contributed by atoms with Gasteiger partial charge in [0.2, 0.25) is 6.79 Å². The van der Waals surface area contributed by atoms with E-state index in [1.807, 2.05) is 24.3 Å². The van der Waals surface area contributed by atoms with Crippen molar-refractivity contribution < 1.29 is 19.0 Å². The van der Waals surface area contributed by atoms with Gasteiger partial charge in [-0.1, -0.05) is 0 Å². The van der Waals surface area contributed by atoms with E-state index in [2.05, 4.69) is 15.5 Å². The van der Waals surface area contributed by atoms with Crippen molar-refractivity contribution in [3.63, 3.8) is 0 Å². The molecule has 1 saturated heterocycles. The summed E-state index contributed by atoms with van der Waals surface area (Å²) < 4.78 is 16.0. The number of hydrogen-bond donors (Lipinski definition) is 2. The number of piperidine rings is 1. The lowest BCUT2D eigenvalue weighted by atomic mass is 10.1. The Bertz CT molecular complexity index is 801. The molecule has 0 unspecified atom stereocenters. The first kappa shape index (κ1) is 17.5. The van der Waals surface area contributed by atoms with Crippen LogP contribution in [0.1, 0.15) is 12.8 Å². The van der Waals surface area contributed by atoms with Crippen LogP contribution in [0.5, 0.6) is 11.5 Å². The van der Waals surface area contributed by atoms with Gasteiger partial charge in [0.25, 0.3) is 0 Å². The molecule has 0 aromatic heterocycles. The van der Waals surface area contributed by atoms with Crippen LogP contribution in [0.25, 0.3) is 0 Å². The minimum atomic E-state index is -0.303. The van der Waals surface area contributed by atoms with E-state index in [1.165, 1.54) is 0 Å². The van der Waals surface area contributed by atoms with Crippen LogP contribution < -0.4 is 25.0 Å². The van der Waals surface area contributed by atoms with Gasteiger partial charge < -0.3 is 29.7 Å². The molecule has 4 rings (SSSR count). The monoisotopic (exact) mass is 369 g/mol. The molecule has 2 aromatic carbocycles. The maximum atomic E-state index is 12.2. The van der Waals surface area contributed by atoms with Gasteiger partial charge in [-0.05, 0) is 49.2 Å². The highest BCUT2D eigenvalue weighted by atomic mass is 16.7. The van der Waals surface area contributed by atoms with E-state index in [-0.39, 0.29) is 12.8 Å². The number of carbonyl (C=O) groups is 1. The summed E-state index contributed by atoms with van der Waals surface area (Å²) in [7, 11) is 1.77. The fourth-order valence-corrected chi connectivity index (χ4v) is 3.37. The Kier molecular flexibility index (Phi) is 5.02. The highest BCUT2D eigenvalue weighted by molar-refractivity contribution is 6.00. The van der Waals surface area contributed by atoms with Crippen LogP contribution in [-0.2, 0) is 4.74 Å². The first-order valence-electron chi connectivity index (χ1n) is 9.07. The van der Waals surface area contributed by atoms with Crippen LogP contribution in [0.15, 0.2) is 42.5 Å². The zero-order valence-corrected chi connectivity index (χ0v) is 15.2. The number of benzene rings is 2. The molecule has 2 aliphatic rings. The standard InChI is InChI=1S/C20H23N3O4/c1-25-17-8-10-23(11-9-17)16-5-2-14(3-6-16)21-20(24)22-15-4-7-18-19(12-15)27-13-26-18/h2-7,12,17H,8-11,13H2,1H3,(H2,21,22,24). The van der Waals surface area contributed by atoms with Crippen LogP contribution in [0.4, 0.5) is 21.9 Å². The number of nitrogens with zero attached hydrogens (tertiary/aromatic N) is 1. The lowest BCUT2D eigenvalue weighted by molar-refractivity contribution is 0.0819. The summed E-state index contributed by atoms with van der Waals surface area (Å²) in [6.45, 7) is 2.17. The van der Waals surface area contributed by atoms with Crippen LogP contribution in [-0.4, -0.2) is 39.1 Å². The molecule has 7 nitrogen and oxygen atoms in total. The third-order valence-electron chi connectivity index (χ3n) is 4.90. The molecule has 0 saturated carbocycles. The number of rotatable bonds is 4. The summed E-state index contributed by atoms with van der Waals surface area (Å²) >= 11 is 0. The van der Waals surface area contributed by atoms with Crippen LogP contribution in [0.3, 0.4) is 0 Å². The molecule has 0 aliphatic carbocycles. The van der Waals surface area contributed by atoms with Gasteiger partial charge in [-0.15, -0.1) is 0 Å². The highest BCUT2D eigenvalue weighted by Crippen LogP contribution is 2.34. The molecule has 2 N–H and O–H groups in total. The van der Waals surface area contributed by atoms with E-state index in [0.29, 0.717) is 23.3 Å². The number of carbonyl (C=O) groups excluding carboxylic acids is 1. The first-order chi connectivity index (χ1) is 13.2. The van der Waals surface area contributed by atoms with Crippen molar-refractivity contribution in [2.75, 3.05) is 42.5 Å². The Balaban J connectivity index is 1.32. The minimum absolute atomic E-state index is 0.209. The molecule has 0 atom stereocenters. The van der Waals surface area contributed by atoms with E-state index < -0.39 is 0 Å². The van der Waals surface area contributed by atoms with Crippen molar-refractivity contribution in [1.29, 1.82) is 0 Å². The average Bonchev–Trinajstić information content (AvgIpc) is 3.16. The van der Waals surface area contributed by atoms with Gasteiger partial charge in [0.05, 0.1) is 6.10 Å². The Morgan fingerprint density at radius 2 is 1.67 bits per heavy atom. The van der Waals surface area contributed by atoms with E-state index >= 15 is 0 Å². The van der Waals surface area contributed by atoms with Gasteiger partial charge in [-0.2, -0.15) is 0 Å². The number of amides is 2. The fourth-order valence-electron chi connectivity index (χ4n) is 3.37. The molecule has 27 heavy (non-hydrogen) atoms. The molecule has 2 aliphatic heterocycles. The minimum Gasteiger partial charge on any atom is -0.454 e. The van der Waals surface area contributed by atoms with Crippen molar-refractivity contribution in [3.05, 3.63) is 42.5 Å². The largest absolute Gasteiger partial charge is 0.454 e. The topological polar surface area (TPSA) is 72.1 Å². The van der Waals surface area contributed by atoms with Gasteiger partial charge >= 0.3 is 6.03 Å². The molecular formula is C20H23N3O4. The van der Waals surface area contributed by atoms with Crippen molar-refractivity contribution >= 4 is 23.1 Å². The molecule has 142 valence electrons. The molecule has 7 heteroatoms. The SMILES string of the molecule is COC1CCN(c2ccc(NC(=O)Nc3ccc4c(c3)OCO4)cc2)CC1. The number of fused-ring (bicyclic) bond motifs is 1. The number of ether oxygens (including phenoxy) is 3. The quantitative estimate of drug-likeness (QED) is 0.860. The van der Waals surface area contributed by atoms with E-state index in [0.717, 1.165) is 37.3 Å². The number of hydrogen-bond acceptors (Lipinski definition) is 5. The molecule has 2 amide bonds. The number of urea groups is 1. The fraction of sp³-hybridized carbons (Fsp3) is 0.350. The molecule has 0 spiro atoms. The van der Waals surface area contributed by atoms with Gasteiger partial charge in [0, 0.05) is 43.3 Å². The summed E-state index contributed by atoms with van der Waals surface area (Å²) in [5.74, 6) is 1.32. The normalized spacial score (nSPS) is 16.3. The van der Waals surface area contributed by atoms with Crippen molar-refractivity contribution in [2.24, 2.45) is 0 Å². The first-order valence-corrected chi connectivity index (χ1v) is 9.07. The third-order valence-corrected chi connectivity index (χ3v) is 4.90. The lowest BCUT2D eigenvalue weighted by Gasteiger charge is -2.33. The second-order valence-corrected chi connectivity index (χ2v) is 6.62. The lowest BCUT2D eigenvalue weighted by Crippen LogP contribution is -2.36. The number of nitrogens with one attached hydrogen (secondary N) is 2. The van der Waals surface area contributed by atoms with Gasteiger partial charge in [0.1, 0.15) is 0 Å². The maximum absolute atomic E-state index is 12.2. The predicted molar refractivity (Wildman–Crippen MR) is 104 cm³/mol. The van der Waals surface area contributed by atoms with Crippen molar-refractivity contribution in [2.45, 2.75) is 18.9 Å². The zero-order chi connectivity index (χ0) is 18.6. The molecule has 0 bridgehead atoms. The van der Waals surface area contributed by atoms with Gasteiger partial charge in [0.15, 0.2) is 11.5 Å². The van der Waals surface area contributed by atoms with Crippen LogP contribution in [0.2, 0.25) is 0 Å². The summed E-state index contributed by atoms with van der Waals surface area (Å²) in [6, 6.07) is 12.9. The van der Waals surface area contributed by atoms with E-state index in [1.54, 1.807) is 25.3 Å². The maximum Gasteiger partial charge on any atom is 0.323 e. The molecule has 0 radical (unpaired) electrons. The Morgan fingerprint density at radius 3 is 2.41 bits per heavy atom. The summed E-state index contributed by atoms with van der Waals surface area (Å²) in [5.41, 5.74) is 2.55. The Morgan fingerprint density at radius 1 is 1.00 bits per heavy atom. The molecule has 2 aromatic rings. The van der Waals surface area contributed by atoms with Gasteiger partial charge in [-0.3, -0.25) is 0 Å². The molecule has 1 fully saturated rings. The summed E-state index contributed by atoms with van der Waals surface area (Å²) in [6.07, 6.45) is 2.44. The molecule has 2 heterocycles. The summed E-state index contributed by atoms with van der Waals surface area (Å²) in [5, 5.41) is 5.64. The zero-order valence-electron chi connectivity index (χ0n) is 15.2. The smallest absolute Gasteiger partial charge is 0.323 e. The Labute approximate surface area is 158 Å². The van der Waals surface area contributed by atoms with E-state index in [4.69, 9.17) is 14.2 Å². The number of methoxy groups -OCH3 is 1. The predicted octanol–water partition coefficient (Wildman–Crippen LogP) is 3.67. The number of anilines is 3. The van der Waals surface area contributed by atoms with Crippen molar-refractivity contribution in [1.82, 2.24) is 0 Å². The summed E-state index contributed by atoms with van der Waals surface area (Å²) in [4.78, 5) is 14.6. The van der Waals surface area contributed by atoms with Crippen molar-refractivity contribution in [3.8, 4) is 11.5 Å². The van der Waals surface area contributed by atoms with Crippen LogP contribution >= 0.6 is 0 Å². The second kappa shape index (κ2) is 7.75. The molecular weight excluding hydrogens is 346 g/mol. The average molecular weight is 369 g/mol. The Hall–Kier alpha value is -2.93. The van der Waals surface area contributed by atoms with Gasteiger partial charge in [-0.25, -0.2) is 4.79 Å². The second-order valence-electron chi connectivity index (χ2n) is 6.62. The highest BCUT2D eigenvalue weighted by Gasteiger charge is 2.19. The third kappa shape index (κ3) is 4.09. The van der Waals surface area contributed by atoms with Crippen LogP contribution in [0, 0.1) is 0 Å².